The monoisotopic (exact) mass is 215 g/mol. The van der Waals surface area contributed by atoms with Crippen molar-refractivity contribution in [3.63, 3.8) is 0 Å². The maximum Gasteiger partial charge on any atom is 0.254 e. The van der Waals surface area contributed by atoms with Gasteiger partial charge in [-0.3, -0.25) is 4.79 Å². The number of hydrogen-bond acceptors (Lipinski definition) is 1. The third-order valence-corrected chi connectivity index (χ3v) is 3.83. The highest BCUT2D eigenvalue weighted by Gasteiger charge is 2.33. The highest BCUT2D eigenvalue weighted by atomic mass is 16.2. The molecule has 0 bridgehead atoms. The van der Waals surface area contributed by atoms with Gasteiger partial charge in [0.05, 0.1) is 0 Å². The van der Waals surface area contributed by atoms with Crippen molar-refractivity contribution in [3.05, 3.63) is 34.9 Å². The molecule has 1 fully saturated rings. The Morgan fingerprint density at radius 3 is 3.06 bits per heavy atom. The summed E-state index contributed by atoms with van der Waals surface area (Å²) in [6.45, 7) is 3.05. The summed E-state index contributed by atoms with van der Waals surface area (Å²) in [5.41, 5.74) is 3.45. The summed E-state index contributed by atoms with van der Waals surface area (Å²) in [5.74, 6) is 0.256. The molecule has 0 saturated carbocycles. The summed E-state index contributed by atoms with van der Waals surface area (Å²) in [4.78, 5) is 14.4. The number of carbonyl (C=O) groups excluding carboxylic acids is 1. The molecule has 0 spiro atoms. The van der Waals surface area contributed by atoms with E-state index in [0.717, 1.165) is 18.5 Å². The van der Waals surface area contributed by atoms with E-state index >= 15 is 0 Å². The van der Waals surface area contributed by atoms with Crippen LogP contribution in [0.15, 0.2) is 18.2 Å². The number of piperidine rings is 1. The summed E-state index contributed by atoms with van der Waals surface area (Å²) < 4.78 is 0. The molecule has 2 heterocycles. The van der Waals surface area contributed by atoms with Gasteiger partial charge in [-0.25, -0.2) is 0 Å². The van der Waals surface area contributed by atoms with E-state index < -0.39 is 0 Å². The minimum atomic E-state index is 0.256. The molecular weight excluding hydrogens is 198 g/mol. The van der Waals surface area contributed by atoms with Crippen LogP contribution in [0.3, 0.4) is 0 Å². The minimum absolute atomic E-state index is 0.256. The maximum absolute atomic E-state index is 12.3. The van der Waals surface area contributed by atoms with Crippen LogP contribution in [0.2, 0.25) is 0 Å². The molecule has 0 radical (unpaired) electrons. The summed E-state index contributed by atoms with van der Waals surface area (Å²) in [6.07, 6.45) is 4.68. The van der Waals surface area contributed by atoms with Crippen molar-refractivity contribution < 1.29 is 4.79 Å². The fourth-order valence-electron chi connectivity index (χ4n) is 2.99. The van der Waals surface area contributed by atoms with E-state index in [1.807, 2.05) is 12.1 Å². The highest BCUT2D eigenvalue weighted by Crippen LogP contribution is 2.29. The molecule has 3 rings (SSSR count). The van der Waals surface area contributed by atoms with E-state index in [-0.39, 0.29) is 5.91 Å². The zero-order valence-corrected chi connectivity index (χ0v) is 9.70. The second-order valence-corrected chi connectivity index (χ2v) is 5.01. The lowest BCUT2D eigenvalue weighted by Crippen LogP contribution is -2.48. The van der Waals surface area contributed by atoms with Crippen molar-refractivity contribution in [2.45, 2.75) is 38.6 Å². The van der Waals surface area contributed by atoms with Gasteiger partial charge in [0.15, 0.2) is 0 Å². The molecule has 2 aliphatic heterocycles. The standard InChI is InChI=1S/C14H17NO/c1-10-5-6-13-11(8-10)9-12-4-2-3-7-15(12)14(13)16/h5-6,8,12H,2-4,7,9H2,1H3. The van der Waals surface area contributed by atoms with Crippen molar-refractivity contribution in [1.82, 2.24) is 4.90 Å². The van der Waals surface area contributed by atoms with Crippen LogP contribution < -0.4 is 0 Å². The van der Waals surface area contributed by atoms with Gasteiger partial charge in [-0.2, -0.15) is 0 Å². The van der Waals surface area contributed by atoms with Crippen molar-refractivity contribution in [2.75, 3.05) is 6.54 Å². The number of nitrogens with zero attached hydrogens (tertiary/aromatic N) is 1. The smallest absolute Gasteiger partial charge is 0.254 e. The first-order chi connectivity index (χ1) is 7.75. The van der Waals surface area contributed by atoms with Crippen molar-refractivity contribution in [3.8, 4) is 0 Å². The Bertz CT molecular complexity index is 438. The van der Waals surface area contributed by atoms with E-state index in [9.17, 15) is 4.79 Å². The van der Waals surface area contributed by atoms with Gasteiger partial charge >= 0.3 is 0 Å². The molecule has 0 aliphatic carbocycles. The molecule has 2 heteroatoms. The van der Waals surface area contributed by atoms with E-state index in [2.05, 4.69) is 17.9 Å². The summed E-state index contributed by atoms with van der Waals surface area (Å²) in [7, 11) is 0. The zero-order chi connectivity index (χ0) is 11.1. The maximum atomic E-state index is 12.3. The molecule has 1 saturated heterocycles. The second kappa shape index (κ2) is 3.62. The summed E-state index contributed by atoms with van der Waals surface area (Å²) in [5, 5.41) is 0. The van der Waals surface area contributed by atoms with Gasteiger partial charge in [-0.1, -0.05) is 17.7 Å². The van der Waals surface area contributed by atoms with Gasteiger partial charge in [-0.05, 0) is 44.2 Å². The lowest BCUT2D eigenvalue weighted by molar-refractivity contribution is 0.0582. The summed E-state index contributed by atoms with van der Waals surface area (Å²) >= 11 is 0. The second-order valence-electron chi connectivity index (χ2n) is 5.01. The molecule has 0 N–H and O–H groups in total. The number of fused-ring (bicyclic) bond motifs is 2. The number of hydrogen-bond donors (Lipinski definition) is 0. The van der Waals surface area contributed by atoms with Crippen LogP contribution in [0.4, 0.5) is 0 Å². The first-order valence-electron chi connectivity index (χ1n) is 6.16. The van der Waals surface area contributed by atoms with E-state index in [0.29, 0.717) is 6.04 Å². The number of carbonyl (C=O) groups is 1. The third kappa shape index (κ3) is 1.44. The normalized spacial score (nSPS) is 23.9. The Hall–Kier alpha value is -1.31. The molecule has 1 unspecified atom stereocenters. The average Bonchev–Trinajstić information content (AvgIpc) is 2.29. The Balaban J connectivity index is 2.03. The molecule has 1 aromatic rings. The third-order valence-electron chi connectivity index (χ3n) is 3.83. The summed E-state index contributed by atoms with van der Waals surface area (Å²) in [6, 6.07) is 6.69. The highest BCUT2D eigenvalue weighted by molar-refractivity contribution is 5.97. The van der Waals surface area contributed by atoms with Crippen LogP contribution in [0, 0.1) is 6.92 Å². The molecule has 84 valence electrons. The van der Waals surface area contributed by atoms with Gasteiger partial charge in [0.2, 0.25) is 0 Å². The molecule has 1 atom stereocenters. The van der Waals surface area contributed by atoms with Crippen LogP contribution in [-0.4, -0.2) is 23.4 Å². The molecule has 1 amide bonds. The Kier molecular flexibility index (Phi) is 2.23. The van der Waals surface area contributed by atoms with Crippen LogP contribution in [0.1, 0.15) is 40.7 Å². The fourth-order valence-corrected chi connectivity index (χ4v) is 2.99. The molecule has 0 aromatic heterocycles. The number of amides is 1. The lowest BCUT2D eigenvalue weighted by Gasteiger charge is -2.40. The van der Waals surface area contributed by atoms with Gasteiger partial charge < -0.3 is 4.90 Å². The minimum Gasteiger partial charge on any atom is -0.335 e. The van der Waals surface area contributed by atoms with Crippen molar-refractivity contribution in [1.29, 1.82) is 0 Å². The Labute approximate surface area is 96.3 Å². The van der Waals surface area contributed by atoms with E-state index in [4.69, 9.17) is 0 Å². The van der Waals surface area contributed by atoms with Crippen LogP contribution in [-0.2, 0) is 6.42 Å². The molecule has 16 heavy (non-hydrogen) atoms. The molecule has 1 aromatic carbocycles. The quantitative estimate of drug-likeness (QED) is 0.651. The van der Waals surface area contributed by atoms with Crippen LogP contribution in [0.25, 0.3) is 0 Å². The SMILES string of the molecule is Cc1ccc2c(c1)CC1CCCCN1C2=O. The predicted octanol–water partition coefficient (Wildman–Crippen LogP) is 2.55. The number of aryl methyl sites for hydroxylation is 1. The van der Waals surface area contributed by atoms with Crippen LogP contribution in [0.5, 0.6) is 0 Å². The largest absolute Gasteiger partial charge is 0.335 e. The number of rotatable bonds is 0. The first-order valence-corrected chi connectivity index (χ1v) is 6.16. The first kappa shape index (κ1) is 9.88. The van der Waals surface area contributed by atoms with Gasteiger partial charge in [0.1, 0.15) is 0 Å². The molecule has 2 aliphatic rings. The molecule has 2 nitrogen and oxygen atoms in total. The fraction of sp³-hybridized carbons (Fsp3) is 0.500. The Morgan fingerprint density at radius 1 is 1.31 bits per heavy atom. The van der Waals surface area contributed by atoms with Gasteiger partial charge in [0, 0.05) is 18.2 Å². The Morgan fingerprint density at radius 2 is 2.19 bits per heavy atom. The predicted molar refractivity (Wildman–Crippen MR) is 63.6 cm³/mol. The van der Waals surface area contributed by atoms with Gasteiger partial charge in [-0.15, -0.1) is 0 Å². The zero-order valence-electron chi connectivity index (χ0n) is 9.70. The topological polar surface area (TPSA) is 20.3 Å². The van der Waals surface area contributed by atoms with E-state index in [1.54, 1.807) is 0 Å². The molecular formula is C14H17NO. The van der Waals surface area contributed by atoms with Crippen molar-refractivity contribution in [2.24, 2.45) is 0 Å². The average molecular weight is 215 g/mol. The van der Waals surface area contributed by atoms with Crippen molar-refractivity contribution >= 4 is 5.91 Å². The van der Waals surface area contributed by atoms with Gasteiger partial charge in [0.25, 0.3) is 5.91 Å². The van der Waals surface area contributed by atoms with E-state index in [1.165, 1.54) is 30.4 Å². The lowest BCUT2D eigenvalue weighted by atomic mass is 9.87. The number of benzene rings is 1. The van der Waals surface area contributed by atoms with Crippen LogP contribution >= 0.6 is 0 Å².